The first-order valence-corrected chi connectivity index (χ1v) is 5.46. The molecule has 0 radical (unpaired) electrons. The maximum Gasteiger partial charge on any atom is 0.414 e. The zero-order chi connectivity index (χ0) is 12.8. The summed E-state index contributed by atoms with van der Waals surface area (Å²) in [6.07, 6.45) is -0.443. The number of rotatable bonds is 3. The number of anilines is 1. The Balaban J connectivity index is 2.79. The van der Waals surface area contributed by atoms with Crippen molar-refractivity contribution in [1.82, 2.24) is 0 Å². The Kier molecular flexibility index (Phi) is 4.53. The van der Waals surface area contributed by atoms with E-state index in [1.54, 1.807) is 31.3 Å². The Bertz CT molecular complexity index is 435. The van der Waals surface area contributed by atoms with Crippen molar-refractivity contribution in [1.29, 1.82) is 5.26 Å². The van der Waals surface area contributed by atoms with Crippen molar-refractivity contribution in [3.63, 3.8) is 0 Å². The molecule has 1 aromatic rings. The zero-order valence-electron chi connectivity index (χ0n) is 10.3. The Morgan fingerprint density at radius 2 is 2.12 bits per heavy atom. The van der Waals surface area contributed by atoms with E-state index in [-0.39, 0.29) is 0 Å². The molecule has 0 N–H and O–H groups in total. The molecule has 90 valence electrons. The molecule has 0 heterocycles. The second-order valence-corrected chi connectivity index (χ2v) is 4.16. The number of benzene rings is 1. The van der Waals surface area contributed by atoms with Crippen molar-refractivity contribution in [2.75, 3.05) is 18.6 Å². The lowest BCUT2D eigenvalue weighted by Crippen LogP contribution is -2.28. The van der Waals surface area contributed by atoms with Crippen LogP contribution < -0.4 is 4.90 Å². The summed E-state index contributed by atoms with van der Waals surface area (Å²) in [5.74, 6) is 0.290. The highest BCUT2D eigenvalue weighted by Crippen LogP contribution is 2.18. The fourth-order valence-corrected chi connectivity index (χ4v) is 1.29. The molecule has 0 spiro atoms. The van der Waals surface area contributed by atoms with Gasteiger partial charge in [-0.25, -0.2) is 4.79 Å². The molecular formula is C13H16N2O2. The normalized spacial score (nSPS) is 9.82. The molecule has 4 heteroatoms. The van der Waals surface area contributed by atoms with Gasteiger partial charge < -0.3 is 4.74 Å². The molecule has 0 aliphatic heterocycles. The van der Waals surface area contributed by atoms with Crippen molar-refractivity contribution in [2.24, 2.45) is 5.92 Å². The van der Waals surface area contributed by atoms with Gasteiger partial charge in [0, 0.05) is 7.05 Å². The first kappa shape index (κ1) is 13.0. The summed E-state index contributed by atoms with van der Waals surface area (Å²) in [6.45, 7) is 4.31. The maximum atomic E-state index is 11.7. The van der Waals surface area contributed by atoms with Gasteiger partial charge in [0.15, 0.2) is 0 Å². The van der Waals surface area contributed by atoms with Crippen molar-refractivity contribution in [2.45, 2.75) is 13.8 Å². The minimum absolute atomic E-state index is 0.290. The fourth-order valence-electron chi connectivity index (χ4n) is 1.29. The molecule has 17 heavy (non-hydrogen) atoms. The first-order chi connectivity index (χ1) is 8.06. The molecule has 0 saturated heterocycles. The lowest BCUT2D eigenvalue weighted by Gasteiger charge is -2.18. The average molecular weight is 232 g/mol. The van der Waals surface area contributed by atoms with Crippen molar-refractivity contribution in [3.8, 4) is 6.07 Å². The van der Waals surface area contributed by atoms with E-state index >= 15 is 0 Å². The highest BCUT2D eigenvalue weighted by molar-refractivity contribution is 5.88. The number of nitriles is 1. The minimum Gasteiger partial charge on any atom is -0.449 e. The number of hydrogen-bond acceptors (Lipinski definition) is 3. The third kappa shape index (κ3) is 3.49. The Hall–Kier alpha value is -2.02. The van der Waals surface area contributed by atoms with Crippen molar-refractivity contribution in [3.05, 3.63) is 29.8 Å². The van der Waals surface area contributed by atoms with Gasteiger partial charge in [0.05, 0.1) is 17.9 Å². The standard InChI is InChI=1S/C13H16N2O2/c1-10(2)9-17-13(16)15(3)12-7-5-4-6-11(12)8-14/h4-7,10H,9H2,1-3H3. The number of para-hydroxylation sites is 1. The van der Waals surface area contributed by atoms with E-state index in [4.69, 9.17) is 10.00 Å². The molecule has 0 aliphatic rings. The number of ether oxygens (including phenoxy) is 1. The van der Waals surface area contributed by atoms with Crippen LogP contribution in [0.1, 0.15) is 19.4 Å². The molecule has 1 rings (SSSR count). The number of amides is 1. The van der Waals surface area contributed by atoms with Gasteiger partial charge in [0.2, 0.25) is 0 Å². The summed E-state index contributed by atoms with van der Waals surface area (Å²) in [7, 11) is 1.60. The third-order valence-corrected chi connectivity index (χ3v) is 2.20. The predicted octanol–water partition coefficient (Wildman–Crippen LogP) is 2.79. The number of nitrogens with zero attached hydrogens (tertiary/aromatic N) is 2. The van der Waals surface area contributed by atoms with Crippen LogP contribution in [0.4, 0.5) is 10.5 Å². The van der Waals surface area contributed by atoms with E-state index in [1.807, 2.05) is 19.9 Å². The van der Waals surface area contributed by atoms with Gasteiger partial charge in [-0.15, -0.1) is 0 Å². The lowest BCUT2D eigenvalue weighted by molar-refractivity contribution is 0.141. The summed E-state index contributed by atoms with van der Waals surface area (Å²) >= 11 is 0. The van der Waals surface area contributed by atoms with Crippen LogP contribution in [0, 0.1) is 17.2 Å². The predicted molar refractivity (Wildman–Crippen MR) is 65.7 cm³/mol. The second-order valence-electron chi connectivity index (χ2n) is 4.16. The summed E-state index contributed by atoms with van der Waals surface area (Å²) in [6, 6.07) is 8.97. The molecular weight excluding hydrogens is 216 g/mol. The number of carbonyl (C=O) groups is 1. The summed E-state index contributed by atoms with van der Waals surface area (Å²) in [4.78, 5) is 13.1. The van der Waals surface area contributed by atoms with E-state index in [2.05, 4.69) is 0 Å². The summed E-state index contributed by atoms with van der Waals surface area (Å²) < 4.78 is 5.10. The molecule has 0 bridgehead atoms. The summed E-state index contributed by atoms with van der Waals surface area (Å²) in [5, 5.41) is 8.94. The van der Waals surface area contributed by atoms with Gasteiger partial charge in [0.1, 0.15) is 6.07 Å². The van der Waals surface area contributed by atoms with E-state index in [9.17, 15) is 4.79 Å². The van der Waals surface area contributed by atoms with Crippen molar-refractivity contribution >= 4 is 11.8 Å². The third-order valence-electron chi connectivity index (χ3n) is 2.20. The van der Waals surface area contributed by atoms with Crippen LogP contribution in [-0.4, -0.2) is 19.7 Å². The van der Waals surface area contributed by atoms with E-state index in [0.717, 1.165) is 0 Å². The minimum atomic E-state index is -0.443. The monoisotopic (exact) mass is 232 g/mol. The SMILES string of the molecule is CC(C)COC(=O)N(C)c1ccccc1C#N. The second kappa shape index (κ2) is 5.90. The highest BCUT2D eigenvalue weighted by atomic mass is 16.6. The Morgan fingerprint density at radius 1 is 1.47 bits per heavy atom. The highest BCUT2D eigenvalue weighted by Gasteiger charge is 2.15. The topological polar surface area (TPSA) is 53.3 Å². The van der Waals surface area contributed by atoms with Gasteiger partial charge in [-0.2, -0.15) is 5.26 Å². The van der Waals surface area contributed by atoms with Crippen molar-refractivity contribution < 1.29 is 9.53 Å². The molecule has 4 nitrogen and oxygen atoms in total. The van der Waals surface area contributed by atoms with Crippen LogP contribution >= 0.6 is 0 Å². The molecule has 0 unspecified atom stereocenters. The zero-order valence-corrected chi connectivity index (χ0v) is 10.3. The largest absolute Gasteiger partial charge is 0.449 e. The molecule has 1 amide bonds. The van der Waals surface area contributed by atoms with E-state index in [0.29, 0.717) is 23.8 Å². The first-order valence-electron chi connectivity index (χ1n) is 5.46. The average Bonchev–Trinajstić information content (AvgIpc) is 2.34. The van der Waals surface area contributed by atoms with E-state index < -0.39 is 6.09 Å². The number of carbonyl (C=O) groups excluding carboxylic acids is 1. The van der Waals surface area contributed by atoms with Crippen LogP contribution in [0.15, 0.2) is 24.3 Å². The number of hydrogen-bond donors (Lipinski definition) is 0. The van der Waals surface area contributed by atoms with Crippen LogP contribution in [0.3, 0.4) is 0 Å². The smallest absolute Gasteiger partial charge is 0.414 e. The van der Waals surface area contributed by atoms with E-state index in [1.165, 1.54) is 4.90 Å². The molecule has 0 atom stereocenters. The van der Waals surface area contributed by atoms with Gasteiger partial charge in [-0.05, 0) is 18.1 Å². The quantitative estimate of drug-likeness (QED) is 0.805. The van der Waals surface area contributed by atoms with Gasteiger partial charge in [-0.3, -0.25) is 4.90 Å². The van der Waals surface area contributed by atoms with Crippen LogP contribution in [-0.2, 0) is 4.74 Å². The lowest BCUT2D eigenvalue weighted by atomic mass is 10.2. The molecule has 0 aliphatic carbocycles. The molecule has 1 aromatic carbocycles. The van der Waals surface area contributed by atoms with Crippen LogP contribution in [0.2, 0.25) is 0 Å². The van der Waals surface area contributed by atoms with Crippen LogP contribution in [0.25, 0.3) is 0 Å². The van der Waals surface area contributed by atoms with Gasteiger partial charge in [0.25, 0.3) is 0 Å². The van der Waals surface area contributed by atoms with Gasteiger partial charge in [-0.1, -0.05) is 26.0 Å². The summed E-state index contributed by atoms with van der Waals surface area (Å²) in [5.41, 5.74) is 1.01. The molecule has 0 aromatic heterocycles. The Morgan fingerprint density at radius 3 is 2.71 bits per heavy atom. The van der Waals surface area contributed by atoms with Gasteiger partial charge >= 0.3 is 6.09 Å². The fraction of sp³-hybridized carbons (Fsp3) is 0.385. The van der Waals surface area contributed by atoms with Crippen LogP contribution in [0.5, 0.6) is 0 Å². The molecule has 0 fully saturated rings. The Labute approximate surface area is 101 Å². The molecule has 0 saturated carbocycles. The maximum absolute atomic E-state index is 11.7.